The molecule has 1 heterocycles. The van der Waals surface area contributed by atoms with Crippen molar-refractivity contribution in [3.63, 3.8) is 0 Å². The molecule has 6 heteroatoms. The minimum atomic E-state index is -2.00. The van der Waals surface area contributed by atoms with Crippen molar-refractivity contribution in [1.29, 1.82) is 0 Å². The number of pyridine rings is 1. The molecule has 0 aromatic carbocycles. The predicted molar refractivity (Wildman–Crippen MR) is 56.2 cm³/mol. The lowest BCUT2D eigenvalue weighted by molar-refractivity contribution is 0.147. The van der Waals surface area contributed by atoms with Crippen molar-refractivity contribution in [3.8, 4) is 0 Å². The molecule has 1 rings (SSSR count). The van der Waals surface area contributed by atoms with Gasteiger partial charge in [-0.2, -0.15) is 0 Å². The normalized spacial score (nSPS) is 12.9. The zero-order valence-corrected chi connectivity index (χ0v) is 8.85. The summed E-state index contributed by atoms with van der Waals surface area (Å²) in [6.45, 7) is 0.301. The smallest absolute Gasteiger partial charge is 0.118 e. The Hall–Kier alpha value is -1.27. The van der Waals surface area contributed by atoms with Gasteiger partial charge in [-0.3, -0.25) is 9.19 Å². The van der Waals surface area contributed by atoms with Gasteiger partial charge in [-0.1, -0.05) is 16.2 Å². The molecule has 0 spiro atoms. The van der Waals surface area contributed by atoms with Gasteiger partial charge in [-0.05, 0) is 24.1 Å². The van der Waals surface area contributed by atoms with Crippen LogP contribution in [-0.2, 0) is 15.9 Å². The molecule has 1 aromatic heterocycles. The summed E-state index contributed by atoms with van der Waals surface area (Å²) in [5.74, 6) is 0.102. The zero-order valence-electron chi connectivity index (χ0n) is 8.04. The van der Waals surface area contributed by atoms with Gasteiger partial charge in [-0.25, -0.2) is 0 Å². The molecule has 1 atom stereocenters. The van der Waals surface area contributed by atoms with E-state index >= 15 is 0 Å². The topological polar surface area (TPSA) is 74.6 Å². The Labute approximate surface area is 90.5 Å². The molecule has 0 amide bonds. The second kappa shape index (κ2) is 7.08. The molecule has 0 bridgehead atoms. The first-order valence-electron chi connectivity index (χ1n) is 4.40. The molecule has 0 saturated carbocycles. The zero-order chi connectivity index (χ0) is 10.9. The highest BCUT2D eigenvalue weighted by molar-refractivity contribution is 7.79. The second-order valence-electron chi connectivity index (χ2n) is 2.71. The predicted octanol–water partition coefficient (Wildman–Crippen LogP) is 0.701. The largest absolute Gasteiger partial charge is 0.772 e. The molecule has 15 heavy (non-hydrogen) atoms. The van der Waals surface area contributed by atoms with Crippen LogP contribution in [0.3, 0.4) is 0 Å². The molecule has 0 aliphatic rings. The van der Waals surface area contributed by atoms with Crippen molar-refractivity contribution >= 4 is 17.3 Å². The molecule has 0 aliphatic carbocycles. The van der Waals surface area contributed by atoms with Crippen LogP contribution in [-0.4, -0.2) is 32.3 Å². The average Bonchev–Trinajstić information content (AvgIpc) is 2.24. The summed E-state index contributed by atoms with van der Waals surface area (Å²) < 4.78 is 20.3. The van der Waals surface area contributed by atoms with Gasteiger partial charge in [-0.15, -0.1) is 0 Å². The summed E-state index contributed by atoms with van der Waals surface area (Å²) in [5.41, 5.74) is 0.886. The summed E-state index contributed by atoms with van der Waals surface area (Å²) in [7, 11) is 0. The number of hydrogen-bond acceptors (Lipinski definition) is 5. The van der Waals surface area contributed by atoms with Crippen LogP contribution in [0.5, 0.6) is 0 Å². The van der Waals surface area contributed by atoms with Crippen molar-refractivity contribution in [2.75, 3.05) is 12.4 Å². The summed E-state index contributed by atoms with van der Waals surface area (Å²) in [6, 6.07) is 3.58. The summed E-state index contributed by atoms with van der Waals surface area (Å²) in [6.07, 6.45) is 5.31. The molecule has 0 aliphatic heterocycles. The maximum absolute atomic E-state index is 10.2. The maximum Gasteiger partial charge on any atom is 0.118 e. The van der Waals surface area contributed by atoms with Crippen molar-refractivity contribution in [1.82, 2.24) is 4.98 Å². The van der Waals surface area contributed by atoms with Crippen molar-refractivity contribution in [3.05, 3.63) is 30.1 Å². The fraction of sp³-hybridized carbons (Fsp3) is 0.333. The first kappa shape index (κ1) is 11.8. The van der Waals surface area contributed by atoms with Gasteiger partial charge in [0, 0.05) is 18.1 Å². The highest BCUT2D eigenvalue weighted by Gasteiger charge is 1.88. The van der Waals surface area contributed by atoms with Crippen LogP contribution >= 0.6 is 0 Å². The molecular weight excluding hydrogens is 216 g/mol. The van der Waals surface area contributed by atoms with Crippen LogP contribution in [0.1, 0.15) is 12.0 Å². The van der Waals surface area contributed by atoms with E-state index in [1.807, 2.05) is 0 Å². The lowest BCUT2D eigenvalue weighted by atomic mass is 10.3. The van der Waals surface area contributed by atoms with E-state index in [1.165, 1.54) is 0 Å². The Morgan fingerprint density at radius 3 is 2.93 bits per heavy atom. The number of hydrogen-bond donors (Lipinski definition) is 0. The average molecular weight is 227 g/mol. The standard InChI is InChI=1S/C9H12N2O3S/c12-15(13)7-1-6-14-11-8-9-2-4-10-5-3-9/h2-5,8H,1,6-7H2,(H,12,13)/p-1. The Bertz CT molecular complexity index is 329. The molecule has 1 aromatic rings. The monoisotopic (exact) mass is 227 g/mol. The Morgan fingerprint density at radius 1 is 1.53 bits per heavy atom. The Balaban J connectivity index is 2.15. The fourth-order valence-corrected chi connectivity index (χ4v) is 1.20. The van der Waals surface area contributed by atoms with Crippen LogP contribution < -0.4 is 0 Å². The number of nitrogens with zero attached hydrogens (tertiary/aromatic N) is 2. The lowest BCUT2D eigenvalue weighted by Gasteiger charge is -2.02. The van der Waals surface area contributed by atoms with Crippen molar-refractivity contribution < 1.29 is 13.6 Å². The molecule has 0 radical (unpaired) electrons. The van der Waals surface area contributed by atoms with E-state index in [0.29, 0.717) is 13.0 Å². The van der Waals surface area contributed by atoms with Gasteiger partial charge in [0.05, 0.1) is 6.21 Å². The Kier molecular flexibility index (Phi) is 5.57. The van der Waals surface area contributed by atoms with Crippen molar-refractivity contribution in [2.24, 2.45) is 5.16 Å². The van der Waals surface area contributed by atoms with E-state index in [9.17, 15) is 8.76 Å². The minimum absolute atomic E-state index is 0.102. The summed E-state index contributed by atoms with van der Waals surface area (Å²) in [5, 5.41) is 3.68. The van der Waals surface area contributed by atoms with E-state index in [1.54, 1.807) is 30.7 Å². The van der Waals surface area contributed by atoms with Crippen LogP contribution in [0, 0.1) is 0 Å². The van der Waals surface area contributed by atoms with Crippen molar-refractivity contribution in [2.45, 2.75) is 6.42 Å². The second-order valence-corrected chi connectivity index (χ2v) is 3.73. The third-order valence-electron chi connectivity index (χ3n) is 1.53. The SMILES string of the molecule is O=S([O-])CCCON=Cc1ccncc1. The number of aromatic nitrogens is 1. The Morgan fingerprint density at radius 2 is 2.27 bits per heavy atom. The quantitative estimate of drug-likeness (QED) is 0.310. The van der Waals surface area contributed by atoms with Gasteiger partial charge < -0.3 is 9.39 Å². The molecule has 0 N–H and O–H groups in total. The third kappa shape index (κ3) is 5.92. The van der Waals surface area contributed by atoms with Crippen LogP contribution in [0.15, 0.2) is 29.7 Å². The van der Waals surface area contributed by atoms with Crippen LogP contribution in [0.25, 0.3) is 0 Å². The van der Waals surface area contributed by atoms with E-state index < -0.39 is 11.1 Å². The lowest BCUT2D eigenvalue weighted by Crippen LogP contribution is -1.99. The van der Waals surface area contributed by atoms with Crippen LogP contribution in [0.4, 0.5) is 0 Å². The summed E-state index contributed by atoms with van der Waals surface area (Å²) >= 11 is -2.00. The van der Waals surface area contributed by atoms with E-state index in [0.717, 1.165) is 5.56 Å². The van der Waals surface area contributed by atoms with E-state index in [4.69, 9.17) is 4.84 Å². The molecule has 0 fully saturated rings. The van der Waals surface area contributed by atoms with Gasteiger partial charge in [0.2, 0.25) is 0 Å². The molecular formula is C9H11N2O3S-. The third-order valence-corrected chi connectivity index (χ3v) is 2.15. The highest BCUT2D eigenvalue weighted by Crippen LogP contribution is 1.92. The maximum atomic E-state index is 10.2. The van der Waals surface area contributed by atoms with Gasteiger partial charge in [0.25, 0.3) is 0 Å². The van der Waals surface area contributed by atoms with Crippen LogP contribution in [0.2, 0.25) is 0 Å². The first-order valence-corrected chi connectivity index (χ1v) is 5.64. The summed E-state index contributed by atoms with van der Waals surface area (Å²) in [4.78, 5) is 8.72. The minimum Gasteiger partial charge on any atom is -0.772 e. The van der Waals surface area contributed by atoms with Gasteiger partial charge >= 0.3 is 0 Å². The number of rotatable bonds is 6. The van der Waals surface area contributed by atoms with Gasteiger partial charge in [0.1, 0.15) is 6.61 Å². The molecule has 5 nitrogen and oxygen atoms in total. The first-order chi connectivity index (χ1) is 7.29. The number of oxime groups is 1. The fourth-order valence-electron chi connectivity index (χ4n) is 0.842. The van der Waals surface area contributed by atoms with Gasteiger partial charge in [0.15, 0.2) is 0 Å². The molecule has 0 saturated heterocycles. The molecule has 82 valence electrons. The highest BCUT2D eigenvalue weighted by atomic mass is 32.2. The van der Waals surface area contributed by atoms with E-state index in [2.05, 4.69) is 10.1 Å². The molecule has 1 unspecified atom stereocenters. The van der Waals surface area contributed by atoms with E-state index in [-0.39, 0.29) is 5.75 Å².